The molecule has 0 atom stereocenters. The first-order valence-corrected chi connectivity index (χ1v) is 8.00. The van der Waals surface area contributed by atoms with Crippen LogP contribution in [0.25, 0.3) is 0 Å². The number of anilines is 2. The van der Waals surface area contributed by atoms with Gasteiger partial charge in [0.25, 0.3) is 0 Å². The van der Waals surface area contributed by atoms with Crippen LogP contribution in [0.3, 0.4) is 0 Å². The van der Waals surface area contributed by atoms with Crippen LogP contribution in [0.2, 0.25) is 0 Å². The average molecular weight is 339 g/mol. The Morgan fingerprint density at radius 1 is 1.00 bits per heavy atom. The average Bonchev–Trinajstić information content (AvgIpc) is 2.80. The Hall–Kier alpha value is -2.73. The summed E-state index contributed by atoms with van der Waals surface area (Å²) in [6, 6.07) is 14.2. The fourth-order valence-corrected chi connectivity index (χ4v) is 2.78. The number of urea groups is 1. The molecular weight excluding hydrogens is 322 g/mol. The minimum Gasteiger partial charge on any atom is -0.494 e. The summed E-state index contributed by atoms with van der Waals surface area (Å²) in [6.45, 7) is 4.46. The van der Waals surface area contributed by atoms with Gasteiger partial charge < -0.3 is 4.74 Å². The summed E-state index contributed by atoms with van der Waals surface area (Å²) < 4.78 is 5.41. The van der Waals surface area contributed by atoms with E-state index in [2.05, 4.69) is 0 Å². The Bertz CT molecular complexity index is 800. The Labute approximate surface area is 146 Å². The number of carbonyl (C=O) groups excluding carboxylic acids is 1. The fraction of sp³-hybridized carbons (Fsp3) is 0.167. The van der Waals surface area contributed by atoms with Crippen LogP contribution in [0.5, 0.6) is 5.75 Å². The second-order valence-corrected chi connectivity index (χ2v) is 5.76. The second kappa shape index (κ2) is 6.41. The molecule has 0 aromatic heterocycles. The third-order valence-electron chi connectivity index (χ3n) is 3.71. The number of hydrogen-bond acceptors (Lipinski definition) is 4. The maximum absolute atomic E-state index is 12.8. The zero-order chi connectivity index (χ0) is 17.3. The summed E-state index contributed by atoms with van der Waals surface area (Å²) in [5.41, 5.74) is 2.34. The highest BCUT2D eigenvalue weighted by Crippen LogP contribution is 2.29. The molecule has 5 nitrogen and oxygen atoms in total. The summed E-state index contributed by atoms with van der Waals surface area (Å²) in [5.74, 6) is 0.733. The highest BCUT2D eigenvalue weighted by molar-refractivity contribution is 7.82. The zero-order valence-corrected chi connectivity index (χ0v) is 14.3. The molecule has 0 unspecified atom stereocenters. The SMILES string of the molecule is CCOc1ccc(N2C(=O)N(c3ccc(C)cc3)C(=N)C2=S)cc1. The Morgan fingerprint density at radius 2 is 1.54 bits per heavy atom. The molecule has 6 heteroatoms. The molecule has 1 heterocycles. The summed E-state index contributed by atoms with van der Waals surface area (Å²) in [6.07, 6.45) is 0. The molecule has 1 fully saturated rings. The lowest BCUT2D eigenvalue weighted by Crippen LogP contribution is -2.33. The van der Waals surface area contributed by atoms with Crippen molar-refractivity contribution in [3.63, 3.8) is 0 Å². The fourth-order valence-electron chi connectivity index (χ4n) is 2.50. The van der Waals surface area contributed by atoms with Crippen molar-refractivity contribution in [2.75, 3.05) is 16.4 Å². The number of thiocarbonyl (C=S) groups is 1. The molecule has 2 aromatic carbocycles. The maximum Gasteiger partial charge on any atom is 0.340 e. The Morgan fingerprint density at radius 3 is 2.12 bits per heavy atom. The smallest absolute Gasteiger partial charge is 0.340 e. The van der Waals surface area contributed by atoms with E-state index in [1.165, 1.54) is 9.80 Å². The van der Waals surface area contributed by atoms with Crippen LogP contribution in [0.4, 0.5) is 16.2 Å². The number of amidine groups is 1. The number of nitrogens with one attached hydrogen (secondary N) is 1. The highest BCUT2D eigenvalue weighted by Gasteiger charge is 2.40. The Balaban J connectivity index is 1.92. The molecule has 3 rings (SSSR count). The number of rotatable bonds is 4. The minimum atomic E-state index is -0.349. The molecule has 122 valence electrons. The van der Waals surface area contributed by atoms with Gasteiger partial charge in [0.05, 0.1) is 18.0 Å². The number of hydrogen-bond donors (Lipinski definition) is 1. The van der Waals surface area contributed by atoms with Gasteiger partial charge in [-0.15, -0.1) is 0 Å². The van der Waals surface area contributed by atoms with E-state index in [0.29, 0.717) is 18.0 Å². The molecule has 0 radical (unpaired) electrons. The van der Waals surface area contributed by atoms with Crippen LogP contribution in [0.1, 0.15) is 12.5 Å². The molecule has 1 aliphatic heterocycles. The molecule has 1 saturated heterocycles. The molecule has 24 heavy (non-hydrogen) atoms. The number of amides is 2. The van der Waals surface area contributed by atoms with Gasteiger partial charge in [0.15, 0.2) is 10.8 Å². The van der Waals surface area contributed by atoms with Crippen molar-refractivity contribution in [3.05, 3.63) is 54.1 Å². The molecule has 0 spiro atoms. The van der Waals surface area contributed by atoms with Gasteiger partial charge in [-0.25, -0.2) is 14.6 Å². The third-order valence-corrected chi connectivity index (χ3v) is 4.09. The lowest BCUT2D eigenvalue weighted by Gasteiger charge is -2.17. The first kappa shape index (κ1) is 16.1. The largest absolute Gasteiger partial charge is 0.494 e. The predicted molar refractivity (Wildman–Crippen MR) is 99.5 cm³/mol. The minimum absolute atomic E-state index is 0.00716. The first-order chi connectivity index (χ1) is 11.5. The van der Waals surface area contributed by atoms with Gasteiger partial charge in [-0.1, -0.05) is 29.9 Å². The van der Waals surface area contributed by atoms with Gasteiger partial charge in [-0.05, 0) is 50.2 Å². The van der Waals surface area contributed by atoms with Crippen molar-refractivity contribution >= 4 is 40.4 Å². The third kappa shape index (κ3) is 2.76. The maximum atomic E-state index is 12.8. The lowest BCUT2D eigenvalue weighted by atomic mass is 10.2. The zero-order valence-electron chi connectivity index (χ0n) is 13.4. The number of ether oxygens (including phenoxy) is 1. The molecule has 0 aliphatic carbocycles. The van der Waals surface area contributed by atoms with E-state index >= 15 is 0 Å². The normalized spacial score (nSPS) is 14.5. The van der Waals surface area contributed by atoms with E-state index in [9.17, 15) is 4.79 Å². The molecular formula is C18H17N3O2S. The summed E-state index contributed by atoms with van der Waals surface area (Å²) >= 11 is 5.32. The number of benzene rings is 2. The van der Waals surface area contributed by atoms with E-state index in [1.54, 1.807) is 24.3 Å². The number of nitrogens with zero attached hydrogens (tertiary/aromatic N) is 2. The lowest BCUT2D eigenvalue weighted by molar-refractivity contribution is 0.257. The summed E-state index contributed by atoms with van der Waals surface area (Å²) in [7, 11) is 0. The van der Waals surface area contributed by atoms with Crippen LogP contribution in [0, 0.1) is 12.3 Å². The second-order valence-electron chi connectivity index (χ2n) is 5.37. The van der Waals surface area contributed by atoms with Crippen LogP contribution >= 0.6 is 12.2 Å². The van der Waals surface area contributed by atoms with Gasteiger partial charge in [-0.2, -0.15) is 0 Å². The van der Waals surface area contributed by atoms with Gasteiger partial charge in [-0.3, -0.25) is 5.41 Å². The van der Waals surface area contributed by atoms with Crippen LogP contribution < -0.4 is 14.5 Å². The predicted octanol–water partition coefficient (Wildman–Crippen LogP) is 4.14. The first-order valence-electron chi connectivity index (χ1n) is 7.59. The Kier molecular flexibility index (Phi) is 4.31. The van der Waals surface area contributed by atoms with E-state index in [1.807, 2.05) is 38.1 Å². The van der Waals surface area contributed by atoms with Gasteiger partial charge in [0.2, 0.25) is 0 Å². The van der Waals surface area contributed by atoms with Crippen molar-refractivity contribution in [2.45, 2.75) is 13.8 Å². The van der Waals surface area contributed by atoms with Crippen LogP contribution in [0.15, 0.2) is 48.5 Å². The van der Waals surface area contributed by atoms with E-state index < -0.39 is 0 Å². The summed E-state index contributed by atoms with van der Waals surface area (Å²) in [5, 5.41) is 8.22. The molecule has 1 aliphatic rings. The van der Waals surface area contributed by atoms with E-state index in [-0.39, 0.29) is 16.9 Å². The quantitative estimate of drug-likeness (QED) is 0.852. The van der Waals surface area contributed by atoms with Gasteiger partial charge in [0, 0.05) is 0 Å². The number of carbonyl (C=O) groups is 1. The summed E-state index contributed by atoms with van der Waals surface area (Å²) in [4.78, 5) is 15.7. The van der Waals surface area contributed by atoms with Crippen molar-refractivity contribution < 1.29 is 9.53 Å². The standard InChI is InChI=1S/C18H17N3O2S/c1-3-23-15-10-8-14(9-11-15)21-17(24)16(19)20(18(21)22)13-6-4-12(2)5-7-13/h4-11,19H,3H2,1-2H3. The van der Waals surface area contributed by atoms with Crippen molar-refractivity contribution in [1.29, 1.82) is 5.41 Å². The molecule has 0 bridgehead atoms. The van der Waals surface area contributed by atoms with Crippen molar-refractivity contribution in [1.82, 2.24) is 0 Å². The molecule has 1 N–H and O–H groups in total. The number of aryl methyl sites for hydroxylation is 1. The molecule has 2 aromatic rings. The van der Waals surface area contributed by atoms with Gasteiger partial charge >= 0.3 is 6.03 Å². The van der Waals surface area contributed by atoms with Crippen LogP contribution in [-0.2, 0) is 0 Å². The molecule has 2 amide bonds. The van der Waals surface area contributed by atoms with Crippen LogP contribution in [-0.4, -0.2) is 23.5 Å². The van der Waals surface area contributed by atoms with Gasteiger partial charge in [0.1, 0.15) is 5.75 Å². The monoisotopic (exact) mass is 339 g/mol. The topological polar surface area (TPSA) is 56.6 Å². The highest BCUT2D eigenvalue weighted by atomic mass is 32.1. The van der Waals surface area contributed by atoms with Crippen molar-refractivity contribution in [2.24, 2.45) is 0 Å². The van der Waals surface area contributed by atoms with E-state index in [4.69, 9.17) is 22.4 Å². The van der Waals surface area contributed by atoms with Crippen molar-refractivity contribution in [3.8, 4) is 5.75 Å². The van der Waals surface area contributed by atoms with E-state index in [0.717, 1.165) is 11.3 Å². The molecule has 0 saturated carbocycles.